The SMILES string of the molecule is CCCCOc1c(C)c(COc2cc(OCC(=O)N3CCCCC3)ccn2)nc2ccccc12. The highest BCUT2D eigenvalue weighted by atomic mass is 16.5. The van der Waals surface area contributed by atoms with Crippen molar-refractivity contribution < 1.29 is 19.0 Å². The number of likely N-dealkylation sites (tertiary alicyclic amines) is 1. The van der Waals surface area contributed by atoms with Crippen LogP contribution < -0.4 is 14.2 Å². The van der Waals surface area contributed by atoms with E-state index in [1.807, 2.05) is 36.1 Å². The molecule has 1 saturated heterocycles. The number of carbonyl (C=O) groups excluding carboxylic acids is 1. The first-order valence-corrected chi connectivity index (χ1v) is 12.2. The minimum absolute atomic E-state index is 0.0190. The molecule has 0 saturated carbocycles. The topological polar surface area (TPSA) is 73.8 Å². The summed E-state index contributed by atoms with van der Waals surface area (Å²) in [6, 6.07) is 11.4. The van der Waals surface area contributed by atoms with Gasteiger partial charge in [0.1, 0.15) is 18.1 Å². The molecule has 0 spiro atoms. The maximum Gasteiger partial charge on any atom is 0.260 e. The zero-order valence-corrected chi connectivity index (χ0v) is 20.1. The molecule has 0 N–H and O–H groups in total. The zero-order valence-electron chi connectivity index (χ0n) is 20.1. The number of hydrogen-bond acceptors (Lipinski definition) is 6. The lowest BCUT2D eigenvalue weighted by atomic mass is 10.1. The van der Waals surface area contributed by atoms with Crippen molar-refractivity contribution in [2.45, 2.75) is 52.6 Å². The maximum atomic E-state index is 12.4. The second-order valence-electron chi connectivity index (χ2n) is 8.58. The van der Waals surface area contributed by atoms with E-state index in [9.17, 15) is 4.79 Å². The van der Waals surface area contributed by atoms with E-state index in [-0.39, 0.29) is 19.1 Å². The summed E-state index contributed by atoms with van der Waals surface area (Å²) in [5.74, 6) is 1.86. The van der Waals surface area contributed by atoms with Crippen LogP contribution in [0.2, 0.25) is 0 Å². The Kier molecular flexibility index (Phi) is 8.17. The van der Waals surface area contributed by atoms with Crippen molar-refractivity contribution in [3.8, 4) is 17.4 Å². The molecule has 3 heterocycles. The molecule has 1 aliphatic rings. The van der Waals surface area contributed by atoms with Crippen LogP contribution in [-0.2, 0) is 11.4 Å². The molecule has 1 aromatic carbocycles. The van der Waals surface area contributed by atoms with Crippen LogP contribution in [0.3, 0.4) is 0 Å². The summed E-state index contributed by atoms with van der Waals surface area (Å²) >= 11 is 0. The molecule has 0 bridgehead atoms. The van der Waals surface area contributed by atoms with E-state index in [4.69, 9.17) is 19.2 Å². The Hall–Kier alpha value is -3.35. The second-order valence-corrected chi connectivity index (χ2v) is 8.58. The number of unbranched alkanes of at least 4 members (excludes halogenated alkanes) is 1. The number of rotatable bonds is 10. The lowest BCUT2D eigenvalue weighted by Crippen LogP contribution is -2.38. The minimum atomic E-state index is 0.0190. The van der Waals surface area contributed by atoms with E-state index in [0.29, 0.717) is 18.2 Å². The fourth-order valence-corrected chi connectivity index (χ4v) is 4.05. The third kappa shape index (κ3) is 5.95. The van der Waals surface area contributed by atoms with Crippen molar-refractivity contribution >= 4 is 16.8 Å². The van der Waals surface area contributed by atoms with Gasteiger partial charge in [0.25, 0.3) is 5.91 Å². The number of fused-ring (bicyclic) bond motifs is 1. The van der Waals surface area contributed by atoms with Crippen LogP contribution >= 0.6 is 0 Å². The molecule has 0 unspecified atom stereocenters. The van der Waals surface area contributed by atoms with Gasteiger partial charge in [-0.3, -0.25) is 4.79 Å². The van der Waals surface area contributed by atoms with Gasteiger partial charge in [-0.2, -0.15) is 0 Å². The number of ether oxygens (including phenoxy) is 3. The molecule has 2 aromatic heterocycles. The van der Waals surface area contributed by atoms with Crippen molar-refractivity contribution in [2.75, 3.05) is 26.3 Å². The summed E-state index contributed by atoms with van der Waals surface area (Å²) in [5.41, 5.74) is 2.65. The van der Waals surface area contributed by atoms with Crippen LogP contribution in [0, 0.1) is 6.92 Å². The normalized spacial score (nSPS) is 13.6. The number of carbonyl (C=O) groups is 1. The van der Waals surface area contributed by atoms with E-state index >= 15 is 0 Å². The fraction of sp³-hybridized carbons (Fsp3) is 0.444. The van der Waals surface area contributed by atoms with Gasteiger partial charge in [0.2, 0.25) is 5.88 Å². The Labute approximate surface area is 201 Å². The van der Waals surface area contributed by atoms with Gasteiger partial charge in [-0.15, -0.1) is 0 Å². The van der Waals surface area contributed by atoms with Gasteiger partial charge in [0.05, 0.1) is 17.8 Å². The highest BCUT2D eigenvalue weighted by Gasteiger charge is 2.17. The molecule has 0 aliphatic carbocycles. The van der Waals surface area contributed by atoms with Crippen LogP contribution in [0.4, 0.5) is 0 Å². The van der Waals surface area contributed by atoms with E-state index in [1.54, 1.807) is 18.3 Å². The number of nitrogens with zero attached hydrogens (tertiary/aromatic N) is 3. The summed E-state index contributed by atoms with van der Waals surface area (Å²) in [4.78, 5) is 23.3. The first-order valence-electron chi connectivity index (χ1n) is 12.2. The molecular formula is C27H33N3O4. The molecule has 180 valence electrons. The summed E-state index contributed by atoms with van der Waals surface area (Å²) in [6.07, 6.45) is 7.01. The quantitative estimate of drug-likeness (QED) is 0.390. The molecule has 7 nitrogen and oxygen atoms in total. The number of piperidine rings is 1. The predicted molar refractivity (Wildman–Crippen MR) is 131 cm³/mol. The molecule has 1 amide bonds. The van der Waals surface area contributed by atoms with E-state index in [2.05, 4.69) is 11.9 Å². The first kappa shape index (κ1) is 23.8. The summed E-state index contributed by atoms with van der Waals surface area (Å²) in [5, 5.41) is 1.01. The minimum Gasteiger partial charge on any atom is -0.493 e. The van der Waals surface area contributed by atoms with Gasteiger partial charge < -0.3 is 19.1 Å². The number of aromatic nitrogens is 2. The summed E-state index contributed by atoms with van der Waals surface area (Å²) < 4.78 is 17.8. The van der Waals surface area contributed by atoms with Crippen LogP contribution in [0.15, 0.2) is 42.6 Å². The predicted octanol–water partition coefficient (Wildman–Crippen LogP) is 5.09. The Bertz CT molecular complexity index is 1110. The van der Waals surface area contributed by atoms with E-state index < -0.39 is 0 Å². The van der Waals surface area contributed by atoms with Crippen LogP contribution in [-0.4, -0.2) is 47.1 Å². The molecule has 34 heavy (non-hydrogen) atoms. The Morgan fingerprint density at radius 1 is 1.06 bits per heavy atom. The van der Waals surface area contributed by atoms with Crippen molar-refractivity contribution in [1.29, 1.82) is 0 Å². The van der Waals surface area contributed by atoms with Crippen LogP contribution in [0.5, 0.6) is 17.4 Å². The van der Waals surface area contributed by atoms with E-state index in [1.165, 1.54) is 6.42 Å². The first-order chi connectivity index (χ1) is 16.7. The van der Waals surface area contributed by atoms with Gasteiger partial charge in [-0.05, 0) is 50.8 Å². The van der Waals surface area contributed by atoms with Gasteiger partial charge in [0, 0.05) is 36.3 Å². The highest BCUT2D eigenvalue weighted by Crippen LogP contribution is 2.31. The van der Waals surface area contributed by atoms with Crippen molar-refractivity contribution in [2.24, 2.45) is 0 Å². The third-order valence-corrected chi connectivity index (χ3v) is 6.06. The van der Waals surface area contributed by atoms with Gasteiger partial charge in [-0.25, -0.2) is 9.97 Å². The number of hydrogen-bond donors (Lipinski definition) is 0. The monoisotopic (exact) mass is 463 g/mol. The summed E-state index contributed by atoms with van der Waals surface area (Å²) in [7, 11) is 0. The van der Waals surface area contributed by atoms with Crippen molar-refractivity contribution in [3.63, 3.8) is 0 Å². The molecule has 0 radical (unpaired) electrons. The van der Waals surface area contributed by atoms with E-state index in [0.717, 1.165) is 66.7 Å². The molecule has 0 atom stereocenters. The Morgan fingerprint density at radius 3 is 2.71 bits per heavy atom. The average Bonchev–Trinajstić information content (AvgIpc) is 2.88. The molecular weight excluding hydrogens is 430 g/mol. The van der Waals surface area contributed by atoms with Gasteiger partial charge >= 0.3 is 0 Å². The molecule has 3 aromatic rings. The van der Waals surface area contributed by atoms with Crippen LogP contribution in [0.25, 0.3) is 10.9 Å². The van der Waals surface area contributed by atoms with Gasteiger partial charge in [0.15, 0.2) is 6.61 Å². The third-order valence-electron chi connectivity index (χ3n) is 6.06. The zero-order chi connectivity index (χ0) is 23.8. The largest absolute Gasteiger partial charge is 0.493 e. The molecule has 7 heteroatoms. The smallest absolute Gasteiger partial charge is 0.260 e. The highest BCUT2D eigenvalue weighted by molar-refractivity contribution is 5.86. The fourth-order valence-electron chi connectivity index (χ4n) is 4.05. The molecule has 4 rings (SSSR count). The summed E-state index contributed by atoms with van der Waals surface area (Å²) in [6.45, 7) is 6.73. The maximum absolute atomic E-state index is 12.4. The lowest BCUT2D eigenvalue weighted by molar-refractivity contribution is -0.134. The molecule has 1 fully saturated rings. The van der Waals surface area contributed by atoms with Gasteiger partial charge in [-0.1, -0.05) is 25.5 Å². The number of para-hydroxylation sites is 1. The van der Waals surface area contributed by atoms with Crippen molar-refractivity contribution in [1.82, 2.24) is 14.9 Å². The number of benzene rings is 1. The Balaban J connectivity index is 1.42. The Morgan fingerprint density at radius 2 is 1.88 bits per heavy atom. The second kappa shape index (κ2) is 11.7. The van der Waals surface area contributed by atoms with Crippen molar-refractivity contribution in [3.05, 3.63) is 53.9 Å². The number of amides is 1. The lowest BCUT2D eigenvalue weighted by Gasteiger charge is -2.26. The average molecular weight is 464 g/mol. The molecule has 1 aliphatic heterocycles. The standard InChI is InChI=1S/C27H33N3O4/c1-3-4-16-32-27-20(2)24(29-23-11-7-6-10-22(23)27)18-34-25-17-21(12-13-28-25)33-19-26(31)30-14-8-5-9-15-30/h6-7,10-13,17H,3-5,8-9,14-16,18-19H2,1-2H3. The number of pyridine rings is 2. The van der Waals surface area contributed by atoms with Crippen LogP contribution in [0.1, 0.15) is 50.3 Å².